The summed E-state index contributed by atoms with van der Waals surface area (Å²) in [7, 11) is 0. The highest BCUT2D eigenvalue weighted by molar-refractivity contribution is 6.09. The van der Waals surface area contributed by atoms with Crippen molar-refractivity contribution in [3.63, 3.8) is 0 Å². The Morgan fingerprint density at radius 1 is 0.526 bits per heavy atom. The lowest BCUT2D eigenvalue weighted by atomic mass is 9.74. The van der Waals surface area contributed by atoms with Crippen LogP contribution in [0.1, 0.15) is 105 Å². The Hall–Kier alpha value is -5.62. The molecule has 0 saturated carbocycles. The highest BCUT2D eigenvalue weighted by Crippen LogP contribution is 2.51. The quantitative estimate of drug-likeness (QED) is 0.175. The van der Waals surface area contributed by atoms with Crippen molar-refractivity contribution in [2.45, 2.75) is 105 Å². The molecule has 0 atom stereocenters. The Balaban J connectivity index is 1.19. The molecule has 4 heterocycles. The molecular weight excluding hydrogens is 699 g/mol. The first-order valence-electron chi connectivity index (χ1n) is 20.3. The van der Waals surface area contributed by atoms with Gasteiger partial charge < -0.3 is 14.5 Å². The van der Waals surface area contributed by atoms with E-state index in [0.29, 0.717) is 6.67 Å². The number of aromatic nitrogens is 3. The van der Waals surface area contributed by atoms with Crippen molar-refractivity contribution in [1.29, 1.82) is 0 Å². The van der Waals surface area contributed by atoms with Crippen LogP contribution >= 0.6 is 0 Å². The van der Waals surface area contributed by atoms with Crippen LogP contribution in [-0.4, -0.2) is 21.2 Å². The van der Waals surface area contributed by atoms with Crippen LogP contribution in [0.5, 0.6) is 11.5 Å². The fourth-order valence-electron chi connectivity index (χ4n) is 8.14. The lowest BCUT2D eigenvalue weighted by Gasteiger charge is -2.37. The maximum atomic E-state index is 6.73. The van der Waals surface area contributed by atoms with Gasteiger partial charge in [-0.2, -0.15) is 0 Å². The minimum absolute atomic E-state index is 0.000664. The van der Waals surface area contributed by atoms with Crippen molar-refractivity contribution < 1.29 is 4.74 Å². The van der Waals surface area contributed by atoms with Gasteiger partial charge >= 0.3 is 0 Å². The SMILES string of the molecule is CC(C)(C)c1ccnc(-n2c3ccccc3c3ccc(Oc4cccc(N5CN(c6c(C(C)(C)C)cc(C(C)(C)C)cc6C(C)(C)C)c6ccncc65)c4)cc32)c1. The van der Waals surface area contributed by atoms with Crippen molar-refractivity contribution in [3.05, 3.63) is 138 Å². The molecule has 292 valence electrons. The maximum absolute atomic E-state index is 6.73. The van der Waals surface area contributed by atoms with E-state index >= 15 is 0 Å². The molecule has 6 nitrogen and oxygen atoms in total. The fraction of sp³-hybridized carbons (Fsp3) is 0.333. The predicted molar refractivity (Wildman–Crippen MR) is 240 cm³/mol. The molecule has 0 fully saturated rings. The van der Waals surface area contributed by atoms with Crippen LogP contribution in [0.4, 0.5) is 22.7 Å². The number of ether oxygens (including phenoxy) is 1. The van der Waals surface area contributed by atoms with Crippen molar-refractivity contribution in [1.82, 2.24) is 14.5 Å². The molecule has 0 unspecified atom stereocenters. The zero-order chi connectivity index (χ0) is 40.7. The standard InChI is InChI=1S/C51H57N5O/c1-48(2,3)33-22-25-53-46(28-33)56-42-19-14-13-18-38(42)39-21-20-37(30-44(39)56)57-36-17-15-16-35(29-36)54-32-55(43-23-24-52-31-45(43)54)47-40(50(7,8)9)26-34(49(4,5)6)27-41(47)51(10,11)12/h13-31H,32H2,1-12H3. The summed E-state index contributed by atoms with van der Waals surface area (Å²) in [6, 6.07) is 34.8. The molecule has 0 saturated heterocycles. The predicted octanol–water partition coefficient (Wildman–Crippen LogP) is 13.8. The third kappa shape index (κ3) is 7.04. The number of fused-ring (bicyclic) bond motifs is 4. The molecule has 4 aromatic carbocycles. The van der Waals surface area contributed by atoms with Gasteiger partial charge in [0.05, 0.1) is 34.3 Å². The van der Waals surface area contributed by atoms with E-state index in [0.717, 1.165) is 50.8 Å². The van der Waals surface area contributed by atoms with Crippen LogP contribution in [0.3, 0.4) is 0 Å². The van der Waals surface area contributed by atoms with Crippen LogP contribution in [-0.2, 0) is 21.7 Å². The number of benzene rings is 4. The molecule has 0 aliphatic carbocycles. The lowest BCUT2D eigenvalue weighted by molar-refractivity contribution is 0.483. The van der Waals surface area contributed by atoms with E-state index in [1.165, 1.54) is 33.3 Å². The second kappa shape index (κ2) is 13.5. The summed E-state index contributed by atoms with van der Waals surface area (Å²) >= 11 is 0. The maximum Gasteiger partial charge on any atom is 0.137 e. The molecule has 57 heavy (non-hydrogen) atoms. The zero-order valence-corrected chi connectivity index (χ0v) is 35.8. The number of pyridine rings is 2. The monoisotopic (exact) mass is 755 g/mol. The molecular formula is C51H57N5O. The summed E-state index contributed by atoms with van der Waals surface area (Å²) in [4.78, 5) is 14.4. The van der Waals surface area contributed by atoms with Gasteiger partial charge in [-0.05, 0) is 92.4 Å². The number of nitrogens with zero attached hydrogens (tertiary/aromatic N) is 5. The number of rotatable bonds is 5. The fourth-order valence-corrected chi connectivity index (χ4v) is 8.14. The molecule has 3 aromatic heterocycles. The van der Waals surface area contributed by atoms with Gasteiger partial charge in [0, 0.05) is 41.0 Å². The van der Waals surface area contributed by atoms with Crippen molar-refractivity contribution in [3.8, 4) is 17.3 Å². The van der Waals surface area contributed by atoms with Crippen LogP contribution in [0.15, 0.2) is 116 Å². The highest BCUT2D eigenvalue weighted by Gasteiger charge is 2.37. The molecule has 0 amide bonds. The van der Waals surface area contributed by atoms with Gasteiger partial charge in [-0.1, -0.05) is 119 Å². The van der Waals surface area contributed by atoms with Gasteiger partial charge in [0.25, 0.3) is 0 Å². The molecule has 1 aliphatic heterocycles. The minimum Gasteiger partial charge on any atom is -0.457 e. The smallest absolute Gasteiger partial charge is 0.137 e. The first-order chi connectivity index (χ1) is 26.8. The molecule has 6 heteroatoms. The van der Waals surface area contributed by atoms with E-state index in [9.17, 15) is 0 Å². The second-order valence-corrected chi connectivity index (χ2v) is 19.8. The van der Waals surface area contributed by atoms with Crippen LogP contribution in [0.2, 0.25) is 0 Å². The zero-order valence-electron chi connectivity index (χ0n) is 35.8. The number of anilines is 4. The Bertz CT molecular complexity index is 2610. The third-order valence-electron chi connectivity index (χ3n) is 11.4. The molecule has 0 spiro atoms. The van der Waals surface area contributed by atoms with Gasteiger partial charge in [-0.15, -0.1) is 0 Å². The van der Waals surface area contributed by atoms with E-state index in [1.54, 1.807) is 0 Å². The molecule has 0 bridgehead atoms. The van der Waals surface area contributed by atoms with E-state index in [-0.39, 0.29) is 21.7 Å². The Morgan fingerprint density at radius 3 is 1.88 bits per heavy atom. The summed E-state index contributed by atoms with van der Waals surface area (Å²) < 4.78 is 9.00. The summed E-state index contributed by atoms with van der Waals surface area (Å²) in [6.07, 6.45) is 5.83. The average molecular weight is 756 g/mol. The van der Waals surface area contributed by atoms with Gasteiger partial charge in [-0.25, -0.2) is 4.98 Å². The van der Waals surface area contributed by atoms with Gasteiger partial charge in [0.1, 0.15) is 24.0 Å². The topological polar surface area (TPSA) is 46.4 Å². The van der Waals surface area contributed by atoms with Crippen molar-refractivity contribution >= 4 is 44.6 Å². The number of para-hydroxylation sites is 1. The largest absolute Gasteiger partial charge is 0.457 e. The molecule has 1 aliphatic rings. The van der Waals surface area contributed by atoms with Gasteiger partial charge in [-0.3, -0.25) is 9.55 Å². The molecule has 0 radical (unpaired) electrons. The molecule has 0 N–H and O–H groups in total. The Labute approximate surface area is 339 Å². The molecule has 8 rings (SSSR count). The number of hydrogen-bond acceptors (Lipinski definition) is 5. The Morgan fingerprint density at radius 2 is 1.19 bits per heavy atom. The highest BCUT2D eigenvalue weighted by atomic mass is 16.5. The van der Waals surface area contributed by atoms with Crippen molar-refractivity contribution in [2.24, 2.45) is 0 Å². The third-order valence-corrected chi connectivity index (χ3v) is 11.4. The summed E-state index contributed by atoms with van der Waals surface area (Å²) in [5.74, 6) is 2.44. The average Bonchev–Trinajstić information content (AvgIpc) is 3.69. The summed E-state index contributed by atoms with van der Waals surface area (Å²) in [5.41, 5.74) is 11.9. The molecule has 7 aromatic rings. The van der Waals surface area contributed by atoms with Crippen LogP contribution in [0.25, 0.3) is 27.6 Å². The van der Waals surface area contributed by atoms with Crippen LogP contribution < -0.4 is 14.5 Å². The van der Waals surface area contributed by atoms with Crippen LogP contribution in [0, 0.1) is 0 Å². The summed E-state index contributed by atoms with van der Waals surface area (Å²) in [5, 5.41) is 2.35. The first kappa shape index (κ1) is 38.3. The Kier molecular flexibility index (Phi) is 9.06. The van der Waals surface area contributed by atoms with E-state index in [4.69, 9.17) is 9.72 Å². The van der Waals surface area contributed by atoms with Crippen molar-refractivity contribution in [2.75, 3.05) is 16.5 Å². The van der Waals surface area contributed by atoms with E-state index < -0.39 is 0 Å². The van der Waals surface area contributed by atoms with E-state index in [2.05, 4.69) is 193 Å². The normalized spacial score (nSPS) is 13.8. The lowest BCUT2D eigenvalue weighted by Crippen LogP contribution is -2.31. The minimum atomic E-state index is -0.0801. The second-order valence-electron chi connectivity index (χ2n) is 19.8. The number of hydrogen-bond donors (Lipinski definition) is 0. The first-order valence-corrected chi connectivity index (χ1v) is 20.3. The summed E-state index contributed by atoms with van der Waals surface area (Å²) in [6.45, 7) is 28.3. The van der Waals surface area contributed by atoms with Gasteiger partial charge in [0.2, 0.25) is 0 Å². The van der Waals surface area contributed by atoms with E-state index in [1.807, 2.05) is 24.7 Å². The van der Waals surface area contributed by atoms with Gasteiger partial charge in [0.15, 0.2) is 0 Å².